The lowest BCUT2D eigenvalue weighted by Gasteiger charge is -2.20. The summed E-state index contributed by atoms with van der Waals surface area (Å²) in [5.41, 5.74) is 12.4. The van der Waals surface area contributed by atoms with E-state index < -0.39 is 11.5 Å². The summed E-state index contributed by atoms with van der Waals surface area (Å²) in [6, 6.07) is 22.1. The predicted octanol–water partition coefficient (Wildman–Crippen LogP) is 4.47. The molecule has 0 aliphatic carbocycles. The van der Waals surface area contributed by atoms with Gasteiger partial charge >= 0.3 is 0 Å². The normalized spacial score (nSPS) is 11.5. The molecule has 2 aromatic carbocycles. The number of primary amides is 1. The first kappa shape index (κ1) is 22.4. The Hall–Kier alpha value is -3.77. The van der Waals surface area contributed by atoms with Gasteiger partial charge in [-0.05, 0) is 69.5 Å². The smallest absolute Gasteiger partial charge is 0.269 e. The molecule has 4 aromatic rings. The number of amides is 1. The van der Waals surface area contributed by atoms with E-state index in [1.54, 1.807) is 24.6 Å². The monoisotopic (exact) mass is 440 g/mol. The number of aliphatic hydroxyl groups is 1. The van der Waals surface area contributed by atoms with Crippen molar-refractivity contribution < 1.29 is 9.90 Å². The Bertz CT molecular complexity index is 1300. The largest absolute Gasteiger partial charge is 0.386 e. The van der Waals surface area contributed by atoms with E-state index in [4.69, 9.17) is 5.73 Å². The van der Waals surface area contributed by atoms with Crippen LogP contribution >= 0.6 is 0 Å². The van der Waals surface area contributed by atoms with Crippen molar-refractivity contribution in [3.05, 3.63) is 101 Å². The number of rotatable bonds is 6. The summed E-state index contributed by atoms with van der Waals surface area (Å²) >= 11 is 0. The first-order valence-electron chi connectivity index (χ1n) is 10.9. The summed E-state index contributed by atoms with van der Waals surface area (Å²) < 4.78 is 1.72. The van der Waals surface area contributed by atoms with Gasteiger partial charge in [-0.2, -0.15) is 5.10 Å². The standard InChI is InChI=1S/C27H28N4O2/c1-17-15-25(26(28)32)30-31(17)22-11-7-20(8-12-22)16-19-5-9-21(10-6-19)24-14-13-23(18(2)29-24)27(3,4)33/h5-15,33H,16H2,1-4H3,(H2,28,32). The summed E-state index contributed by atoms with van der Waals surface area (Å²) in [6.45, 7) is 7.36. The number of benzene rings is 2. The van der Waals surface area contributed by atoms with Crippen molar-refractivity contribution in [1.82, 2.24) is 14.8 Å². The summed E-state index contributed by atoms with van der Waals surface area (Å²) in [4.78, 5) is 16.1. The fourth-order valence-corrected chi connectivity index (χ4v) is 4.01. The SMILES string of the molecule is Cc1nc(-c2ccc(Cc3ccc(-n4nc(C(N)=O)cc4C)cc3)cc2)ccc1C(C)(C)O. The zero-order chi connectivity index (χ0) is 23.8. The average Bonchev–Trinajstić information content (AvgIpc) is 3.16. The fourth-order valence-electron chi connectivity index (χ4n) is 4.01. The van der Waals surface area contributed by atoms with Gasteiger partial charge in [0.1, 0.15) is 0 Å². The Balaban J connectivity index is 1.48. The summed E-state index contributed by atoms with van der Waals surface area (Å²) in [7, 11) is 0. The molecule has 0 unspecified atom stereocenters. The van der Waals surface area contributed by atoms with Gasteiger partial charge in [0.2, 0.25) is 0 Å². The van der Waals surface area contributed by atoms with Crippen molar-refractivity contribution >= 4 is 5.91 Å². The van der Waals surface area contributed by atoms with E-state index in [9.17, 15) is 9.90 Å². The Morgan fingerprint density at radius 1 is 0.970 bits per heavy atom. The minimum atomic E-state index is -0.907. The number of hydrogen-bond acceptors (Lipinski definition) is 4. The Kier molecular flexibility index (Phi) is 5.87. The Morgan fingerprint density at radius 3 is 2.09 bits per heavy atom. The van der Waals surface area contributed by atoms with E-state index in [0.717, 1.165) is 40.3 Å². The fraction of sp³-hybridized carbons (Fsp3) is 0.222. The van der Waals surface area contributed by atoms with Crippen LogP contribution in [0.5, 0.6) is 0 Å². The third-order valence-corrected chi connectivity index (χ3v) is 5.72. The van der Waals surface area contributed by atoms with Crippen LogP contribution in [0.1, 0.15) is 52.4 Å². The number of carbonyl (C=O) groups excluding carboxylic acids is 1. The third-order valence-electron chi connectivity index (χ3n) is 5.72. The first-order chi connectivity index (χ1) is 15.6. The maximum atomic E-state index is 11.4. The molecule has 2 heterocycles. The van der Waals surface area contributed by atoms with E-state index in [1.807, 2.05) is 38.1 Å². The highest BCUT2D eigenvalue weighted by Gasteiger charge is 2.19. The molecule has 6 nitrogen and oxygen atoms in total. The van der Waals surface area contributed by atoms with E-state index >= 15 is 0 Å². The average molecular weight is 441 g/mol. The van der Waals surface area contributed by atoms with Crippen LogP contribution in [0.15, 0.2) is 66.7 Å². The molecule has 0 saturated carbocycles. The molecule has 0 atom stereocenters. The molecule has 1 amide bonds. The summed E-state index contributed by atoms with van der Waals surface area (Å²) in [5, 5.41) is 14.5. The number of aromatic nitrogens is 3. The number of nitrogens with two attached hydrogens (primary N) is 1. The van der Waals surface area contributed by atoms with E-state index in [0.29, 0.717) is 0 Å². The van der Waals surface area contributed by atoms with Gasteiger partial charge in [-0.3, -0.25) is 9.78 Å². The number of aryl methyl sites for hydroxylation is 2. The van der Waals surface area contributed by atoms with Gasteiger partial charge in [0, 0.05) is 22.5 Å². The number of carbonyl (C=O) groups is 1. The van der Waals surface area contributed by atoms with Gasteiger partial charge in [-0.1, -0.05) is 42.5 Å². The predicted molar refractivity (Wildman–Crippen MR) is 129 cm³/mol. The molecule has 33 heavy (non-hydrogen) atoms. The highest BCUT2D eigenvalue weighted by molar-refractivity contribution is 5.90. The molecule has 0 radical (unpaired) electrons. The lowest BCUT2D eigenvalue weighted by Crippen LogP contribution is -2.17. The Morgan fingerprint density at radius 2 is 1.58 bits per heavy atom. The molecule has 168 valence electrons. The minimum Gasteiger partial charge on any atom is -0.386 e. The van der Waals surface area contributed by atoms with Crippen LogP contribution in [0.4, 0.5) is 0 Å². The van der Waals surface area contributed by atoms with Crippen molar-refractivity contribution in [3.8, 4) is 16.9 Å². The molecule has 0 saturated heterocycles. The summed E-state index contributed by atoms with van der Waals surface area (Å²) in [5.74, 6) is -0.532. The van der Waals surface area contributed by atoms with Crippen LogP contribution in [-0.2, 0) is 12.0 Å². The van der Waals surface area contributed by atoms with Gasteiger partial charge in [0.25, 0.3) is 5.91 Å². The highest BCUT2D eigenvalue weighted by Crippen LogP contribution is 2.26. The molecule has 0 bridgehead atoms. The summed E-state index contributed by atoms with van der Waals surface area (Å²) in [6.07, 6.45) is 0.801. The van der Waals surface area contributed by atoms with Crippen molar-refractivity contribution in [1.29, 1.82) is 0 Å². The molecule has 3 N–H and O–H groups in total. The molecule has 0 aliphatic heterocycles. The highest BCUT2D eigenvalue weighted by atomic mass is 16.3. The molecule has 2 aromatic heterocycles. The molecule has 6 heteroatoms. The van der Waals surface area contributed by atoms with Crippen molar-refractivity contribution in [3.63, 3.8) is 0 Å². The van der Waals surface area contributed by atoms with Crippen LogP contribution in [0.25, 0.3) is 16.9 Å². The van der Waals surface area contributed by atoms with E-state index in [2.05, 4.69) is 46.5 Å². The van der Waals surface area contributed by atoms with Gasteiger partial charge in [0.05, 0.1) is 17.0 Å². The zero-order valence-electron chi connectivity index (χ0n) is 19.3. The number of pyridine rings is 1. The van der Waals surface area contributed by atoms with Gasteiger partial charge in [-0.15, -0.1) is 0 Å². The molecular weight excluding hydrogens is 412 g/mol. The molecule has 0 aliphatic rings. The van der Waals surface area contributed by atoms with Crippen LogP contribution in [0.2, 0.25) is 0 Å². The van der Waals surface area contributed by atoms with Crippen molar-refractivity contribution in [2.24, 2.45) is 5.73 Å². The van der Waals surface area contributed by atoms with Crippen LogP contribution in [-0.4, -0.2) is 25.8 Å². The van der Waals surface area contributed by atoms with Gasteiger partial charge in [-0.25, -0.2) is 4.68 Å². The zero-order valence-corrected chi connectivity index (χ0v) is 19.3. The maximum Gasteiger partial charge on any atom is 0.269 e. The molecular formula is C27H28N4O2. The molecule has 0 spiro atoms. The van der Waals surface area contributed by atoms with E-state index in [1.165, 1.54) is 11.1 Å². The second-order valence-corrected chi connectivity index (χ2v) is 8.88. The van der Waals surface area contributed by atoms with E-state index in [-0.39, 0.29) is 5.69 Å². The van der Waals surface area contributed by atoms with Crippen LogP contribution in [0.3, 0.4) is 0 Å². The maximum absolute atomic E-state index is 11.4. The number of nitrogens with zero attached hydrogens (tertiary/aromatic N) is 3. The second kappa shape index (κ2) is 8.64. The topological polar surface area (TPSA) is 94.0 Å². The van der Waals surface area contributed by atoms with Gasteiger partial charge in [0.15, 0.2) is 5.69 Å². The molecule has 4 rings (SSSR count). The van der Waals surface area contributed by atoms with Gasteiger partial charge < -0.3 is 10.8 Å². The van der Waals surface area contributed by atoms with Crippen molar-refractivity contribution in [2.45, 2.75) is 39.7 Å². The quantitative estimate of drug-likeness (QED) is 0.463. The van der Waals surface area contributed by atoms with Crippen molar-refractivity contribution in [2.75, 3.05) is 0 Å². The lowest BCUT2D eigenvalue weighted by molar-refractivity contribution is 0.0775. The van der Waals surface area contributed by atoms with Crippen LogP contribution < -0.4 is 5.73 Å². The van der Waals surface area contributed by atoms with Crippen LogP contribution in [0, 0.1) is 13.8 Å². The lowest BCUT2D eigenvalue weighted by atomic mass is 9.96. The Labute approximate surface area is 193 Å². The molecule has 0 fully saturated rings. The second-order valence-electron chi connectivity index (χ2n) is 8.88. The first-order valence-corrected chi connectivity index (χ1v) is 10.9. The minimum absolute atomic E-state index is 0.260. The number of hydrogen-bond donors (Lipinski definition) is 2. The third kappa shape index (κ3) is 4.86.